The first-order chi connectivity index (χ1) is 15.7. The molecule has 32 heavy (non-hydrogen) atoms. The maximum atomic E-state index is 13.9. The van der Waals surface area contributed by atoms with Crippen LogP contribution < -0.4 is 14.4 Å². The number of hydrogen-bond acceptors (Lipinski definition) is 6. The van der Waals surface area contributed by atoms with Crippen molar-refractivity contribution >= 4 is 32.6 Å². The van der Waals surface area contributed by atoms with Crippen LogP contribution in [-0.2, 0) is 11.3 Å². The molecule has 7 nitrogen and oxygen atoms in total. The second kappa shape index (κ2) is 10.2. The summed E-state index contributed by atoms with van der Waals surface area (Å²) in [7, 11) is 0. The third-order valence-corrected chi connectivity index (χ3v) is 5.79. The first-order valence-electron chi connectivity index (χ1n) is 10.3. The fraction of sp³-hybridized carbons (Fsp3) is 0.261. The summed E-state index contributed by atoms with van der Waals surface area (Å²) in [5, 5.41) is 0.555. The van der Waals surface area contributed by atoms with Crippen LogP contribution in [0.5, 0.6) is 11.5 Å². The summed E-state index contributed by atoms with van der Waals surface area (Å²) in [4.78, 5) is 23.4. The molecule has 0 bridgehead atoms. The van der Waals surface area contributed by atoms with Gasteiger partial charge in [0.1, 0.15) is 11.3 Å². The van der Waals surface area contributed by atoms with Crippen LogP contribution in [0.25, 0.3) is 10.2 Å². The lowest BCUT2D eigenvalue weighted by Gasteiger charge is -2.20. The van der Waals surface area contributed by atoms with Gasteiger partial charge in [-0.25, -0.2) is 14.4 Å². The van der Waals surface area contributed by atoms with Crippen LogP contribution in [0.3, 0.4) is 0 Å². The summed E-state index contributed by atoms with van der Waals surface area (Å²) < 4.78 is 27.9. The Hall–Kier alpha value is -3.46. The average molecular weight is 455 g/mol. The van der Waals surface area contributed by atoms with Gasteiger partial charge < -0.3 is 14.0 Å². The Bertz CT molecular complexity index is 1180. The highest BCUT2D eigenvalue weighted by Crippen LogP contribution is 2.34. The summed E-state index contributed by atoms with van der Waals surface area (Å²) >= 11 is 1.41. The van der Waals surface area contributed by atoms with Crippen molar-refractivity contribution in [2.45, 2.75) is 19.9 Å². The quantitative estimate of drug-likeness (QED) is 0.352. The molecule has 0 unspecified atom stereocenters. The summed E-state index contributed by atoms with van der Waals surface area (Å²) in [6.45, 7) is 3.28. The number of halogens is 1. The van der Waals surface area contributed by atoms with E-state index in [1.807, 2.05) is 35.9 Å². The predicted octanol–water partition coefficient (Wildman–Crippen LogP) is 4.53. The minimum atomic E-state index is -0.506. The Morgan fingerprint density at radius 1 is 1.16 bits per heavy atom. The highest BCUT2D eigenvalue weighted by atomic mass is 32.1. The zero-order valence-corrected chi connectivity index (χ0v) is 18.4. The smallest absolute Gasteiger partial charge is 0.266 e. The number of para-hydroxylation sites is 2. The van der Waals surface area contributed by atoms with Crippen molar-refractivity contribution in [2.75, 3.05) is 24.7 Å². The van der Waals surface area contributed by atoms with E-state index >= 15 is 0 Å². The molecule has 0 aliphatic heterocycles. The maximum Gasteiger partial charge on any atom is 0.266 e. The number of anilines is 1. The molecule has 0 saturated carbocycles. The Labute approximate surface area is 189 Å². The monoisotopic (exact) mass is 454 g/mol. The largest absolute Gasteiger partial charge is 0.492 e. The highest BCUT2D eigenvalue weighted by molar-refractivity contribution is 7.22. The van der Waals surface area contributed by atoms with E-state index in [1.165, 1.54) is 23.5 Å². The van der Waals surface area contributed by atoms with E-state index in [2.05, 4.69) is 4.98 Å². The van der Waals surface area contributed by atoms with Crippen LogP contribution in [0.1, 0.15) is 13.3 Å². The van der Waals surface area contributed by atoms with E-state index in [0.29, 0.717) is 37.0 Å². The molecule has 1 amide bonds. The molecule has 0 fully saturated rings. The van der Waals surface area contributed by atoms with Gasteiger partial charge in [-0.2, -0.15) is 0 Å². The fourth-order valence-corrected chi connectivity index (χ4v) is 4.26. The topological polar surface area (TPSA) is 69.5 Å². The van der Waals surface area contributed by atoms with Gasteiger partial charge in [-0.15, -0.1) is 0 Å². The number of aryl methyl sites for hydroxylation is 1. The number of benzene rings is 2. The molecule has 0 aliphatic rings. The van der Waals surface area contributed by atoms with Crippen LogP contribution in [0.4, 0.5) is 9.52 Å². The van der Waals surface area contributed by atoms with Crippen LogP contribution in [-0.4, -0.2) is 40.2 Å². The van der Waals surface area contributed by atoms with E-state index in [9.17, 15) is 9.18 Å². The van der Waals surface area contributed by atoms with Gasteiger partial charge in [0.05, 0.1) is 17.6 Å². The molecule has 0 N–H and O–H groups in total. The van der Waals surface area contributed by atoms with Gasteiger partial charge in [-0.05, 0) is 37.6 Å². The molecule has 0 atom stereocenters. The molecule has 0 spiro atoms. The highest BCUT2D eigenvalue weighted by Gasteiger charge is 2.21. The lowest BCUT2D eigenvalue weighted by atomic mass is 10.3. The fourth-order valence-electron chi connectivity index (χ4n) is 3.24. The number of rotatable bonds is 10. The zero-order valence-electron chi connectivity index (χ0n) is 17.6. The molecule has 0 aliphatic carbocycles. The summed E-state index contributed by atoms with van der Waals surface area (Å²) in [6.07, 6.45) is 6.02. The number of nitrogens with zero attached hydrogens (tertiary/aromatic N) is 4. The van der Waals surface area contributed by atoms with E-state index in [0.717, 1.165) is 10.2 Å². The minimum Gasteiger partial charge on any atom is -0.492 e. The Morgan fingerprint density at radius 2 is 2.00 bits per heavy atom. The number of fused-ring (bicyclic) bond motifs is 1. The van der Waals surface area contributed by atoms with Crippen molar-refractivity contribution in [3.63, 3.8) is 0 Å². The number of ether oxygens (including phenoxy) is 2. The molecule has 2 aromatic carbocycles. The zero-order chi connectivity index (χ0) is 22.3. The lowest BCUT2D eigenvalue weighted by Crippen LogP contribution is -2.36. The standard InChI is InChI=1S/C23H23FN4O3S/c1-2-30-19-9-5-10-20-22(19)26-23(32-20)28(13-6-12-27-14-11-25-16-27)21(29)15-31-18-8-4-3-7-17(18)24/h3-5,7-11,14,16H,2,6,12-13,15H2,1H3. The second-order valence-corrected chi connectivity index (χ2v) is 7.96. The minimum absolute atomic E-state index is 0.0437. The summed E-state index contributed by atoms with van der Waals surface area (Å²) in [6, 6.07) is 11.7. The molecular formula is C23H23FN4O3S. The number of hydrogen-bond donors (Lipinski definition) is 0. The van der Waals surface area contributed by atoms with Crippen molar-refractivity contribution in [3.8, 4) is 11.5 Å². The van der Waals surface area contributed by atoms with Crippen LogP contribution in [0, 0.1) is 5.82 Å². The molecule has 2 heterocycles. The molecule has 9 heteroatoms. The Balaban J connectivity index is 1.55. The number of imidazole rings is 1. The van der Waals surface area contributed by atoms with Crippen molar-refractivity contribution < 1.29 is 18.7 Å². The third kappa shape index (κ3) is 5.05. The average Bonchev–Trinajstić information content (AvgIpc) is 3.46. The van der Waals surface area contributed by atoms with Gasteiger partial charge in [0.2, 0.25) is 0 Å². The van der Waals surface area contributed by atoms with E-state index < -0.39 is 5.82 Å². The summed E-state index contributed by atoms with van der Waals surface area (Å²) in [5.74, 6) is -0.0766. The van der Waals surface area contributed by atoms with Gasteiger partial charge in [-0.3, -0.25) is 9.69 Å². The molecule has 2 aromatic heterocycles. The van der Waals surface area contributed by atoms with Crippen LogP contribution >= 0.6 is 11.3 Å². The molecule has 0 saturated heterocycles. The molecule has 166 valence electrons. The van der Waals surface area contributed by atoms with Crippen molar-refractivity contribution in [3.05, 3.63) is 67.0 Å². The third-order valence-electron chi connectivity index (χ3n) is 4.75. The van der Waals surface area contributed by atoms with Gasteiger partial charge in [0, 0.05) is 25.5 Å². The van der Waals surface area contributed by atoms with Crippen LogP contribution in [0.2, 0.25) is 0 Å². The number of thiazole rings is 1. The normalized spacial score (nSPS) is 10.9. The first-order valence-corrected chi connectivity index (χ1v) is 11.1. The molecule has 4 rings (SSSR count). The maximum absolute atomic E-state index is 13.9. The van der Waals surface area contributed by atoms with E-state index in [1.54, 1.807) is 29.6 Å². The number of amides is 1. The van der Waals surface area contributed by atoms with Crippen molar-refractivity contribution in [1.29, 1.82) is 0 Å². The van der Waals surface area contributed by atoms with Gasteiger partial charge in [-0.1, -0.05) is 29.5 Å². The Kier molecular flexibility index (Phi) is 6.96. The Morgan fingerprint density at radius 3 is 2.78 bits per heavy atom. The number of carbonyl (C=O) groups excluding carboxylic acids is 1. The molecular weight excluding hydrogens is 431 g/mol. The molecule has 0 radical (unpaired) electrons. The number of carbonyl (C=O) groups is 1. The van der Waals surface area contributed by atoms with E-state index in [-0.39, 0.29) is 18.3 Å². The molecule has 4 aromatic rings. The van der Waals surface area contributed by atoms with Gasteiger partial charge >= 0.3 is 0 Å². The SMILES string of the molecule is CCOc1cccc2sc(N(CCCn3ccnc3)C(=O)COc3ccccc3F)nc12. The summed E-state index contributed by atoms with van der Waals surface area (Å²) in [5.41, 5.74) is 0.719. The van der Waals surface area contributed by atoms with Gasteiger partial charge in [0.25, 0.3) is 5.91 Å². The van der Waals surface area contributed by atoms with Gasteiger partial charge in [0.15, 0.2) is 23.3 Å². The van der Waals surface area contributed by atoms with Crippen LogP contribution in [0.15, 0.2) is 61.2 Å². The lowest BCUT2D eigenvalue weighted by molar-refractivity contribution is -0.120. The second-order valence-electron chi connectivity index (χ2n) is 6.95. The predicted molar refractivity (Wildman–Crippen MR) is 122 cm³/mol. The number of aromatic nitrogens is 3. The van der Waals surface area contributed by atoms with E-state index in [4.69, 9.17) is 14.5 Å². The van der Waals surface area contributed by atoms with Crippen molar-refractivity contribution in [1.82, 2.24) is 14.5 Å². The first kappa shape index (κ1) is 21.8. The van der Waals surface area contributed by atoms with Crippen molar-refractivity contribution in [2.24, 2.45) is 0 Å².